The van der Waals surface area contributed by atoms with Gasteiger partial charge in [0.25, 0.3) is 0 Å². The number of thiazole rings is 1. The smallest absolute Gasteiger partial charge is 0.224 e. The van der Waals surface area contributed by atoms with E-state index in [0.29, 0.717) is 37.9 Å². The van der Waals surface area contributed by atoms with Crippen LogP contribution in [0.15, 0.2) is 12.3 Å². The van der Waals surface area contributed by atoms with Crippen molar-refractivity contribution in [3.05, 3.63) is 23.7 Å². The van der Waals surface area contributed by atoms with Gasteiger partial charge in [0.1, 0.15) is 21.9 Å². The Labute approximate surface area is 216 Å². The summed E-state index contributed by atoms with van der Waals surface area (Å²) in [6.07, 6.45) is 3.29. The van der Waals surface area contributed by atoms with Crippen molar-refractivity contribution in [2.24, 2.45) is 5.92 Å². The highest BCUT2D eigenvalue weighted by molar-refractivity contribution is 7.21. The molecule has 0 saturated heterocycles. The summed E-state index contributed by atoms with van der Waals surface area (Å²) < 4.78 is 16.8. The molecule has 1 atom stereocenters. The SMILES string of the molecule is CCC(CCNc1nc(NCCOC)nc(C)c1-c1nc2c(C)nccc2s1)C(O)(COC)COC. The number of nitrogens with zero attached hydrogens (tertiary/aromatic N) is 4. The molecule has 11 heteroatoms. The van der Waals surface area contributed by atoms with Crippen LogP contribution in [0, 0.1) is 19.8 Å². The molecule has 10 nitrogen and oxygen atoms in total. The molecule has 0 aromatic carbocycles. The van der Waals surface area contributed by atoms with E-state index >= 15 is 0 Å². The molecule has 3 heterocycles. The second kappa shape index (κ2) is 13.2. The molecular formula is C25H38N6O4S. The van der Waals surface area contributed by atoms with Gasteiger partial charge in [0.15, 0.2) is 0 Å². The Morgan fingerprint density at radius 1 is 1.00 bits per heavy atom. The minimum Gasteiger partial charge on any atom is -0.385 e. The maximum atomic E-state index is 11.2. The second-order valence-corrected chi connectivity index (χ2v) is 9.86. The van der Waals surface area contributed by atoms with Crippen molar-refractivity contribution in [3.63, 3.8) is 0 Å². The number of ether oxygens (including phenoxy) is 3. The van der Waals surface area contributed by atoms with Gasteiger partial charge in [-0.1, -0.05) is 13.3 Å². The van der Waals surface area contributed by atoms with Gasteiger partial charge in [0.05, 0.1) is 41.5 Å². The first kappa shape index (κ1) is 28.1. The molecule has 0 saturated carbocycles. The van der Waals surface area contributed by atoms with Crippen LogP contribution in [0.2, 0.25) is 0 Å². The van der Waals surface area contributed by atoms with Crippen molar-refractivity contribution in [1.82, 2.24) is 19.9 Å². The Kier molecular flexibility index (Phi) is 10.3. The third-order valence-electron chi connectivity index (χ3n) is 6.21. The van der Waals surface area contributed by atoms with E-state index in [1.807, 2.05) is 19.9 Å². The van der Waals surface area contributed by atoms with E-state index in [1.54, 1.807) is 38.9 Å². The van der Waals surface area contributed by atoms with Gasteiger partial charge < -0.3 is 30.0 Å². The fourth-order valence-corrected chi connectivity index (χ4v) is 5.50. The van der Waals surface area contributed by atoms with Gasteiger partial charge in [0.2, 0.25) is 5.95 Å². The van der Waals surface area contributed by atoms with Crippen LogP contribution < -0.4 is 10.6 Å². The van der Waals surface area contributed by atoms with Crippen LogP contribution in [0.3, 0.4) is 0 Å². The number of anilines is 2. The number of nitrogens with one attached hydrogen (secondary N) is 2. The zero-order valence-electron chi connectivity index (χ0n) is 22.1. The number of hydrogen-bond donors (Lipinski definition) is 3. The van der Waals surface area contributed by atoms with E-state index in [4.69, 9.17) is 24.2 Å². The molecule has 0 fully saturated rings. The lowest BCUT2D eigenvalue weighted by Gasteiger charge is -2.34. The lowest BCUT2D eigenvalue weighted by Crippen LogP contribution is -2.47. The highest BCUT2D eigenvalue weighted by atomic mass is 32.1. The van der Waals surface area contributed by atoms with Gasteiger partial charge in [-0.2, -0.15) is 4.98 Å². The molecule has 0 aliphatic heterocycles. The molecule has 3 aromatic heterocycles. The van der Waals surface area contributed by atoms with Crippen LogP contribution >= 0.6 is 11.3 Å². The van der Waals surface area contributed by atoms with E-state index in [9.17, 15) is 5.11 Å². The number of pyridine rings is 1. The maximum Gasteiger partial charge on any atom is 0.224 e. The second-order valence-electron chi connectivity index (χ2n) is 8.83. The molecule has 198 valence electrons. The Balaban J connectivity index is 1.91. The monoisotopic (exact) mass is 518 g/mol. The van der Waals surface area contributed by atoms with E-state index < -0.39 is 5.60 Å². The summed E-state index contributed by atoms with van der Waals surface area (Å²) in [6, 6.07) is 1.98. The first-order chi connectivity index (χ1) is 17.4. The minimum absolute atomic E-state index is 0.0215. The van der Waals surface area contributed by atoms with Crippen molar-refractivity contribution >= 4 is 33.3 Å². The molecule has 0 amide bonds. The maximum absolute atomic E-state index is 11.2. The lowest BCUT2D eigenvalue weighted by atomic mass is 9.84. The highest BCUT2D eigenvalue weighted by Crippen LogP contribution is 2.37. The zero-order chi connectivity index (χ0) is 26.1. The fraction of sp³-hybridized carbons (Fsp3) is 0.600. The first-order valence-corrected chi connectivity index (χ1v) is 13.0. The normalized spacial score (nSPS) is 12.8. The van der Waals surface area contributed by atoms with Crippen LogP contribution in [0.4, 0.5) is 11.8 Å². The van der Waals surface area contributed by atoms with Gasteiger partial charge in [-0.15, -0.1) is 11.3 Å². The molecule has 0 radical (unpaired) electrons. The molecule has 36 heavy (non-hydrogen) atoms. The number of methoxy groups -OCH3 is 3. The quantitative estimate of drug-likeness (QED) is 0.257. The molecule has 0 aliphatic carbocycles. The third kappa shape index (κ3) is 6.65. The predicted octanol–water partition coefficient (Wildman–Crippen LogP) is 3.68. The molecule has 3 N–H and O–H groups in total. The minimum atomic E-state index is -1.06. The summed E-state index contributed by atoms with van der Waals surface area (Å²) in [7, 11) is 4.84. The lowest BCUT2D eigenvalue weighted by molar-refractivity contribution is -0.115. The zero-order valence-corrected chi connectivity index (χ0v) is 22.9. The first-order valence-electron chi connectivity index (χ1n) is 12.1. The molecule has 3 aromatic rings. The molecule has 1 unspecified atom stereocenters. The van der Waals surface area contributed by atoms with Crippen LogP contribution in [-0.2, 0) is 14.2 Å². The van der Waals surface area contributed by atoms with Gasteiger partial charge in [-0.3, -0.25) is 4.98 Å². The van der Waals surface area contributed by atoms with E-state index in [0.717, 1.165) is 38.6 Å². The van der Waals surface area contributed by atoms with Crippen molar-refractivity contribution < 1.29 is 19.3 Å². The van der Waals surface area contributed by atoms with Crippen molar-refractivity contribution in [3.8, 4) is 10.6 Å². The molecule has 3 rings (SSSR count). The molecule has 0 bridgehead atoms. The third-order valence-corrected chi connectivity index (χ3v) is 7.25. The summed E-state index contributed by atoms with van der Waals surface area (Å²) in [5.74, 6) is 1.20. The molecular weight excluding hydrogens is 480 g/mol. The number of aromatic nitrogens is 4. The number of aryl methyl sites for hydroxylation is 2. The van der Waals surface area contributed by atoms with Crippen molar-refractivity contribution in [2.75, 3.05) is 64.9 Å². The van der Waals surface area contributed by atoms with Crippen LogP contribution in [0.25, 0.3) is 20.8 Å². The number of hydrogen-bond acceptors (Lipinski definition) is 11. The Hall–Kier alpha value is -2.44. The fourth-order valence-electron chi connectivity index (χ4n) is 4.38. The van der Waals surface area contributed by atoms with Gasteiger partial charge in [-0.05, 0) is 32.3 Å². The average molecular weight is 519 g/mol. The van der Waals surface area contributed by atoms with Crippen LogP contribution in [0.1, 0.15) is 31.2 Å². The van der Waals surface area contributed by atoms with Crippen molar-refractivity contribution in [1.29, 1.82) is 0 Å². The molecule has 0 spiro atoms. The van der Waals surface area contributed by atoms with Gasteiger partial charge in [0, 0.05) is 40.6 Å². The largest absolute Gasteiger partial charge is 0.385 e. The average Bonchev–Trinajstić information content (AvgIpc) is 3.27. The molecule has 0 aliphatic rings. The standard InChI is InChI=1S/C25H38N6O4S/c1-7-18(25(32,14-34-5)15-35-6)8-10-27-22-20(16(2)29-24(31-22)28-12-13-33-4)23-30-21-17(3)26-11-9-19(21)36-23/h9,11,18,32H,7-8,10,12-15H2,1-6H3,(H2,27,28,29,31). The highest BCUT2D eigenvalue weighted by Gasteiger charge is 2.35. The summed E-state index contributed by atoms with van der Waals surface area (Å²) in [4.78, 5) is 18.7. The van der Waals surface area contributed by atoms with Gasteiger partial charge >= 0.3 is 0 Å². The Morgan fingerprint density at radius 3 is 2.39 bits per heavy atom. The van der Waals surface area contributed by atoms with Gasteiger partial charge in [-0.25, -0.2) is 9.97 Å². The summed E-state index contributed by atoms with van der Waals surface area (Å²) in [5.41, 5.74) is 2.40. The van der Waals surface area contributed by atoms with Crippen LogP contribution in [-0.4, -0.2) is 84.9 Å². The summed E-state index contributed by atoms with van der Waals surface area (Å²) in [5, 5.41) is 18.7. The summed E-state index contributed by atoms with van der Waals surface area (Å²) >= 11 is 1.60. The van der Waals surface area contributed by atoms with E-state index in [-0.39, 0.29) is 19.1 Å². The predicted molar refractivity (Wildman–Crippen MR) is 144 cm³/mol. The Morgan fingerprint density at radius 2 is 1.75 bits per heavy atom. The number of fused-ring (bicyclic) bond motifs is 1. The van der Waals surface area contributed by atoms with Crippen LogP contribution in [0.5, 0.6) is 0 Å². The Bertz CT molecular complexity index is 1120. The number of aliphatic hydroxyl groups is 1. The van der Waals surface area contributed by atoms with E-state index in [1.165, 1.54) is 0 Å². The topological polar surface area (TPSA) is 124 Å². The summed E-state index contributed by atoms with van der Waals surface area (Å²) in [6.45, 7) is 8.16. The number of rotatable bonds is 15. The van der Waals surface area contributed by atoms with Crippen molar-refractivity contribution in [2.45, 2.75) is 39.2 Å². The van der Waals surface area contributed by atoms with E-state index in [2.05, 4.69) is 27.5 Å².